The highest BCUT2D eigenvalue weighted by atomic mass is 19.1. The van der Waals surface area contributed by atoms with E-state index in [1.165, 1.54) is 30.7 Å². The highest BCUT2D eigenvalue weighted by Crippen LogP contribution is 2.43. The van der Waals surface area contributed by atoms with E-state index in [1.807, 2.05) is 0 Å². The number of hydrogen-bond acceptors (Lipinski definition) is 2. The van der Waals surface area contributed by atoms with Crippen LogP contribution in [-0.2, 0) is 4.74 Å². The van der Waals surface area contributed by atoms with Crippen LogP contribution in [0.25, 0.3) is 0 Å². The summed E-state index contributed by atoms with van der Waals surface area (Å²) in [5.41, 5.74) is 0.541. The first-order valence-electron chi connectivity index (χ1n) is 6.58. The lowest BCUT2D eigenvalue weighted by atomic mass is 9.95. The summed E-state index contributed by atoms with van der Waals surface area (Å²) in [6, 6.07) is 5.63. The van der Waals surface area contributed by atoms with Gasteiger partial charge in [-0.3, -0.25) is 5.32 Å². The lowest BCUT2D eigenvalue weighted by Gasteiger charge is -2.17. The summed E-state index contributed by atoms with van der Waals surface area (Å²) in [6.07, 6.45) is 6.34. The number of hydrogen-bond donors (Lipinski definition) is 1. The van der Waals surface area contributed by atoms with Gasteiger partial charge in [0.15, 0.2) is 0 Å². The molecule has 3 rings (SSSR count). The molecule has 1 fully saturated rings. The van der Waals surface area contributed by atoms with Crippen molar-refractivity contribution in [3.05, 3.63) is 42.2 Å². The van der Waals surface area contributed by atoms with Crippen LogP contribution in [0.3, 0.4) is 0 Å². The molecule has 0 radical (unpaired) electrons. The summed E-state index contributed by atoms with van der Waals surface area (Å²) in [6.45, 7) is 0.457. The molecular weight excluding hydrogens is 245 g/mol. The van der Waals surface area contributed by atoms with E-state index in [1.54, 1.807) is 0 Å². The van der Waals surface area contributed by atoms with Gasteiger partial charge < -0.3 is 4.74 Å². The molecule has 19 heavy (non-hydrogen) atoms. The van der Waals surface area contributed by atoms with Gasteiger partial charge in [-0.1, -0.05) is 12.2 Å². The highest BCUT2D eigenvalue weighted by molar-refractivity contribution is 5.84. The van der Waals surface area contributed by atoms with Crippen LogP contribution in [0.4, 0.5) is 14.9 Å². The van der Waals surface area contributed by atoms with E-state index in [2.05, 4.69) is 17.5 Å². The van der Waals surface area contributed by atoms with Gasteiger partial charge >= 0.3 is 6.09 Å². The van der Waals surface area contributed by atoms with E-state index >= 15 is 0 Å². The van der Waals surface area contributed by atoms with Crippen molar-refractivity contribution in [1.82, 2.24) is 0 Å². The predicted octanol–water partition coefficient (Wildman–Crippen LogP) is 3.59. The lowest BCUT2D eigenvalue weighted by molar-refractivity contribution is 0.134. The number of ether oxygens (including phenoxy) is 1. The average Bonchev–Trinajstić information content (AvgIpc) is 3.01. The van der Waals surface area contributed by atoms with Crippen molar-refractivity contribution in [3.8, 4) is 0 Å². The van der Waals surface area contributed by atoms with Crippen molar-refractivity contribution in [1.29, 1.82) is 0 Å². The number of amides is 1. The zero-order valence-corrected chi connectivity index (χ0v) is 10.5. The Bertz CT molecular complexity index is 497. The van der Waals surface area contributed by atoms with Gasteiger partial charge in [0.1, 0.15) is 5.82 Å². The maximum absolute atomic E-state index is 12.7. The molecule has 3 unspecified atom stereocenters. The third-order valence-electron chi connectivity index (χ3n) is 3.94. The van der Waals surface area contributed by atoms with Gasteiger partial charge in [-0.25, -0.2) is 9.18 Å². The standard InChI is InChI=1S/C15H16FNO2/c16-13-3-5-14(6-4-13)17-15(18)19-9-12-8-10-1-2-11(12)7-10/h1-6,10-12H,7-9H2,(H,17,18). The third-order valence-corrected chi connectivity index (χ3v) is 3.94. The monoisotopic (exact) mass is 261 g/mol. The van der Waals surface area contributed by atoms with Gasteiger partial charge in [-0.2, -0.15) is 0 Å². The zero-order chi connectivity index (χ0) is 13.2. The van der Waals surface area contributed by atoms with E-state index in [-0.39, 0.29) is 5.82 Å². The first kappa shape index (κ1) is 12.2. The quantitative estimate of drug-likeness (QED) is 0.844. The number of rotatable bonds is 3. The minimum atomic E-state index is -0.474. The van der Waals surface area contributed by atoms with Gasteiger partial charge in [-0.15, -0.1) is 0 Å². The Morgan fingerprint density at radius 3 is 2.68 bits per heavy atom. The van der Waals surface area contributed by atoms with Crippen LogP contribution in [0, 0.1) is 23.6 Å². The van der Waals surface area contributed by atoms with E-state index in [0.29, 0.717) is 30.0 Å². The molecule has 1 amide bonds. The minimum absolute atomic E-state index is 0.326. The molecule has 0 heterocycles. The largest absolute Gasteiger partial charge is 0.449 e. The van der Waals surface area contributed by atoms with Crippen LogP contribution < -0.4 is 5.32 Å². The van der Waals surface area contributed by atoms with Crippen LogP contribution in [-0.4, -0.2) is 12.7 Å². The second kappa shape index (κ2) is 5.03. The Hall–Kier alpha value is -1.84. The van der Waals surface area contributed by atoms with E-state index in [4.69, 9.17) is 4.74 Å². The SMILES string of the molecule is O=C(Nc1ccc(F)cc1)OCC1CC2C=CC1C2. The van der Waals surface area contributed by atoms with Crippen molar-refractivity contribution < 1.29 is 13.9 Å². The number of carbonyl (C=O) groups is 1. The summed E-state index contributed by atoms with van der Waals surface area (Å²) in [5.74, 6) is 1.38. The Kier molecular flexibility index (Phi) is 3.23. The molecule has 0 aromatic heterocycles. The molecule has 2 bridgehead atoms. The van der Waals surface area contributed by atoms with Crippen molar-refractivity contribution in [2.75, 3.05) is 11.9 Å². The second-order valence-corrected chi connectivity index (χ2v) is 5.27. The zero-order valence-electron chi connectivity index (χ0n) is 10.5. The fourth-order valence-corrected chi connectivity index (χ4v) is 2.96. The molecule has 4 heteroatoms. The molecular formula is C15H16FNO2. The van der Waals surface area contributed by atoms with Crippen molar-refractivity contribution in [3.63, 3.8) is 0 Å². The van der Waals surface area contributed by atoms with Crippen LogP contribution >= 0.6 is 0 Å². The first-order chi connectivity index (χ1) is 9.20. The Labute approximate surface area is 111 Å². The normalized spacial score (nSPS) is 27.5. The number of benzene rings is 1. The van der Waals surface area contributed by atoms with Gasteiger partial charge in [0.2, 0.25) is 0 Å². The average molecular weight is 261 g/mol. The molecule has 1 aromatic carbocycles. The summed E-state index contributed by atoms with van der Waals surface area (Å²) in [5, 5.41) is 2.59. The van der Waals surface area contributed by atoms with Crippen LogP contribution in [0.5, 0.6) is 0 Å². The molecule has 2 aliphatic rings. The van der Waals surface area contributed by atoms with Crippen LogP contribution in [0.2, 0.25) is 0 Å². The number of nitrogens with one attached hydrogen (secondary N) is 1. The molecule has 1 saturated carbocycles. The number of allylic oxidation sites excluding steroid dienone is 2. The Balaban J connectivity index is 1.47. The third kappa shape index (κ3) is 2.78. The topological polar surface area (TPSA) is 38.3 Å². The first-order valence-corrected chi connectivity index (χ1v) is 6.58. The van der Waals surface area contributed by atoms with E-state index in [0.717, 1.165) is 6.42 Å². The van der Waals surface area contributed by atoms with E-state index in [9.17, 15) is 9.18 Å². The molecule has 1 N–H and O–H groups in total. The molecule has 3 nitrogen and oxygen atoms in total. The molecule has 0 aliphatic heterocycles. The van der Waals surface area contributed by atoms with Crippen molar-refractivity contribution >= 4 is 11.8 Å². The smallest absolute Gasteiger partial charge is 0.411 e. The Morgan fingerprint density at radius 1 is 1.26 bits per heavy atom. The molecule has 2 aliphatic carbocycles. The summed E-state index contributed by atoms with van der Waals surface area (Å²) in [4.78, 5) is 11.6. The molecule has 100 valence electrons. The summed E-state index contributed by atoms with van der Waals surface area (Å²) >= 11 is 0. The maximum Gasteiger partial charge on any atom is 0.411 e. The number of halogens is 1. The van der Waals surface area contributed by atoms with Gasteiger partial charge in [0.05, 0.1) is 6.61 Å². The number of anilines is 1. The van der Waals surface area contributed by atoms with Crippen molar-refractivity contribution in [2.24, 2.45) is 17.8 Å². The van der Waals surface area contributed by atoms with Crippen molar-refractivity contribution in [2.45, 2.75) is 12.8 Å². The molecule has 1 aromatic rings. The summed E-state index contributed by atoms with van der Waals surface area (Å²) in [7, 11) is 0. The molecule has 0 saturated heterocycles. The predicted molar refractivity (Wildman–Crippen MR) is 70.2 cm³/mol. The van der Waals surface area contributed by atoms with Crippen LogP contribution in [0.1, 0.15) is 12.8 Å². The molecule has 3 atom stereocenters. The number of carbonyl (C=O) groups excluding carboxylic acids is 1. The highest BCUT2D eigenvalue weighted by Gasteiger charge is 2.36. The molecule has 0 spiro atoms. The van der Waals surface area contributed by atoms with E-state index < -0.39 is 6.09 Å². The summed E-state index contributed by atoms with van der Waals surface area (Å²) < 4.78 is 17.9. The number of fused-ring (bicyclic) bond motifs is 2. The second-order valence-electron chi connectivity index (χ2n) is 5.27. The Morgan fingerprint density at radius 2 is 2.05 bits per heavy atom. The van der Waals surface area contributed by atoms with Gasteiger partial charge in [-0.05, 0) is 48.9 Å². The fourth-order valence-electron chi connectivity index (χ4n) is 2.96. The van der Waals surface area contributed by atoms with Gasteiger partial charge in [0.25, 0.3) is 0 Å². The van der Waals surface area contributed by atoms with Gasteiger partial charge in [0, 0.05) is 11.6 Å². The fraction of sp³-hybridized carbons (Fsp3) is 0.400. The lowest BCUT2D eigenvalue weighted by Crippen LogP contribution is -2.21. The minimum Gasteiger partial charge on any atom is -0.449 e. The maximum atomic E-state index is 12.7. The van der Waals surface area contributed by atoms with Crippen LogP contribution in [0.15, 0.2) is 36.4 Å².